The Morgan fingerprint density at radius 2 is 2.00 bits per heavy atom. The van der Waals surface area contributed by atoms with Crippen LogP contribution in [0.25, 0.3) is 0 Å². The van der Waals surface area contributed by atoms with Crippen LogP contribution in [-0.2, 0) is 4.74 Å². The van der Waals surface area contributed by atoms with Gasteiger partial charge in [-0.2, -0.15) is 0 Å². The summed E-state index contributed by atoms with van der Waals surface area (Å²) in [6.07, 6.45) is 4.51. The fourth-order valence-electron chi connectivity index (χ4n) is 2.91. The Kier molecular flexibility index (Phi) is 5.44. The summed E-state index contributed by atoms with van der Waals surface area (Å²) in [7, 11) is 4.28. The molecule has 1 N–H and O–H groups in total. The van der Waals surface area contributed by atoms with E-state index < -0.39 is 0 Å². The van der Waals surface area contributed by atoms with Gasteiger partial charge < -0.3 is 9.64 Å². The van der Waals surface area contributed by atoms with Crippen LogP contribution >= 0.6 is 11.6 Å². The van der Waals surface area contributed by atoms with Crippen LogP contribution in [0.3, 0.4) is 0 Å². The summed E-state index contributed by atoms with van der Waals surface area (Å²) in [5, 5.41) is 0.461. The summed E-state index contributed by atoms with van der Waals surface area (Å²) in [5.74, 6) is 0.168. The second-order valence-corrected chi connectivity index (χ2v) is 6.29. The van der Waals surface area contributed by atoms with E-state index in [1.165, 1.54) is 11.3 Å². The number of hydrogen-bond acceptors (Lipinski definition) is 2. The minimum absolute atomic E-state index is 0.0300. The van der Waals surface area contributed by atoms with E-state index >= 15 is 0 Å². The van der Waals surface area contributed by atoms with Crippen LogP contribution in [0, 0.1) is 5.92 Å². The molecule has 0 spiro atoms. The van der Waals surface area contributed by atoms with Crippen molar-refractivity contribution in [3.63, 3.8) is 0 Å². The van der Waals surface area contributed by atoms with Crippen molar-refractivity contribution in [2.75, 3.05) is 20.6 Å². The summed E-state index contributed by atoms with van der Waals surface area (Å²) in [6.45, 7) is 1.04. The standard InChI is InChI=1S/C16H22ClNO2/c1-18(2)11-12-7-3-6-10-15(12)20-16(19)13-8-4-5-9-14(13)17/h4-5,8-9,12,15H,3,6-7,10-11H2,1-2H3/p+1/t12-,15+/m0/s1. The molecular formula is C16H23ClNO2+. The van der Waals surface area contributed by atoms with E-state index in [1.54, 1.807) is 12.1 Å². The molecule has 0 unspecified atom stereocenters. The first-order chi connectivity index (χ1) is 9.58. The maximum Gasteiger partial charge on any atom is 0.339 e. The number of nitrogens with one attached hydrogen (secondary N) is 1. The molecule has 0 heterocycles. The Morgan fingerprint density at radius 3 is 2.70 bits per heavy atom. The number of ether oxygens (including phenoxy) is 1. The van der Waals surface area contributed by atoms with Crippen LogP contribution in [0.5, 0.6) is 0 Å². The van der Waals surface area contributed by atoms with Gasteiger partial charge in [0.15, 0.2) is 0 Å². The number of carbonyl (C=O) groups is 1. The fourth-order valence-corrected chi connectivity index (χ4v) is 3.13. The summed E-state index contributed by atoms with van der Waals surface area (Å²) in [4.78, 5) is 13.7. The zero-order chi connectivity index (χ0) is 14.5. The zero-order valence-electron chi connectivity index (χ0n) is 12.2. The molecule has 1 aliphatic carbocycles. The van der Waals surface area contributed by atoms with Crippen LogP contribution in [0.2, 0.25) is 5.02 Å². The van der Waals surface area contributed by atoms with Crippen LogP contribution in [-0.4, -0.2) is 32.7 Å². The Balaban J connectivity index is 2.03. The van der Waals surface area contributed by atoms with Gasteiger partial charge in [-0.05, 0) is 31.4 Å². The lowest BCUT2D eigenvalue weighted by atomic mass is 9.86. The van der Waals surface area contributed by atoms with Gasteiger partial charge in [-0.3, -0.25) is 0 Å². The molecule has 20 heavy (non-hydrogen) atoms. The predicted octanol–water partition coefficient (Wildman–Crippen LogP) is 2.20. The lowest BCUT2D eigenvalue weighted by Gasteiger charge is -2.31. The molecule has 4 heteroatoms. The Morgan fingerprint density at radius 1 is 1.30 bits per heavy atom. The first-order valence-corrected chi connectivity index (χ1v) is 7.70. The maximum atomic E-state index is 12.3. The summed E-state index contributed by atoms with van der Waals surface area (Å²) >= 11 is 6.05. The van der Waals surface area contributed by atoms with Crippen molar-refractivity contribution >= 4 is 17.6 Å². The van der Waals surface area contributed by atoms with Crippen LogP contribution in [0.1, 0.15) is 36.0 Å². The van der Waals surface area contributed by atoms with Gasteiger partial charge in [0.05, 0.1) is 31.2 Å². The minimum Gasteiger partial charge on any atom is -0.458 e. The molecule has 110 valence electrons. The van der Waals surface area contributed by atoms with Crippen molar-refractivity contribution < 1.29 is 14.4 Å². The van der Waals surface area contributed by atoms with Crippen LogP contribution in [0.4, 0.5) is 0 Å². The minimum atomic E-state index is -0.291. The monoisotopic (exact) mass is 296 g/mol. The molecule has 3 nitrogen and oxygen atoms in total. The average Bonchev–Trinajstić information content (AvgIpc) is 2.41. The van der Waals surface area contributed by atoms with Gasteiger partial charge in [-0.25, -0.2) is 4.79 Å². The van der Waals surface area contributed by atoms with Crippen LogP contribution < -0.4 is 4.90 Å². The number of halogens is 1. The van der Waals surface area contributed by atoms with Gasteiger partial charge in [-0.15, -0.1) is 0 Å². The molecular weight excluding hydrogens is 274 g/mol. The van der Waals surface area contributed by atoms with E-state index in [2.05, 4.69) is 14.1 Å². The highest BCUT2D eigenvalue weighted by Crippen LogP contribution is 2.27. The molecule has 0 bridgehead atoms. The first kappa shape index (κ1) is 15.3. The van der Waals surface area contributed by atoms with E-state index in [9.17, 15) is 4.79 Å². The highest BCUT2D eigenvalue weighted by atomic mass is 35.5. The maximum absolute atomic E-state index is 12.3. The fraction of sp³-hybridized carbons (Fsp3) is 0.562. The molecule has 1 saturated carbocycles. The van der Waals surface area contributed by atoms with Crippen molar-refractivity contribution in [2.45, 2.75) is 31.8 Å². The smallest absolute Gasteiger partial charge is 0.339 e. The molecule has 0 aromatic heterocycles. The SMILES string of the molecule is C[NH+](C)C[C@@H]1CCCC[C@H]1OC(=O)c1ccccc1Cl. The summed E-state index contributed by atoms with van der Waals surface area (Å²) in [5.41, 5.74) is 0.468. The second kappa shape index (κ2) is 7.09. The quantitative estimate of drug-likeness (QED) is 0.864. The van der Waals surface area contributed by atoms with Crippen molar-refractivity contribution in [3.05, 3.63) is 34.9 Å². The van der Waals surface area contributed by atoms with E-state index in [4.69, 9.17) is 16.3 Å². The topological polar surface area (TPSA) is 30.7 Å². The molecule has 0 aliphatic heterocycles. The molecule has 1 fully saturated rings. The largest absolute Gasteiger partial charge is 0.458 e. The normalized spacial score (nSPS) is 22.8. The molecule has 2 rings (SSSR count). The van der Waals surface area contributed by atoms with E-state index in [1.807, 2.05) is 12.1 Å². The van der Waals surface area contributed by atoms with Crippen LogP contribution in [0.15, 0.2) is 24.3 Å². The summed E-state index contributed by atoms with van der Waals surface area (Å²) in [6, 6.07) is 7.07. The highest BCUT2D eigenvalue weighted by Gasteiger charge is 2.30. The number of benzene rings is 1. The third kappa shape index (κ3) is 3.97. The third-order valence-electron chi connectivity index (χ3n) is 3.86. The number of hydrogen-bond donors (Lipinski definition) is 1. The second-order valence-electron chi connectivity index (χ2n) is 5.88. The van der Waals surface area contributed by atoms with E-state index in [0.29, 0.717) is 16.5 Å². The zero-order valence-corrected chi connectivity index (χ0v) is 13.0. The molecule has 1 aromatic rings. The molecule has 0 amide bonds. The van der Waals surface area contributed by atoms with Gasteiger partial charge in [-0.1, -0.05) is 30.2 Å². The van der Waals surface area contributed by atoms with Crippen molar-refractivity contribution in [2.24, 2.45) is 5.92 Å². The molecule has 0 saturated heterocycles. The van der Waals surface area contributed by atoms with Crippen molar-refractivity contribution in [3.8, 4) is 0 Å². The van der Waals surface area contributed by atoms with E-state index in [0.717, 1.165) is 25.8 Å². The van der Waals surface area contributed by atoms with E-state index in [-0.39, 0.29) is 12.1 Å². The van der Waals surface area contributed by atoms with Gasteiger partial charge in [0.2, 0.25) is 0 Å². The van der Waals surface area contributed by atoms with Crippen molar-refractivity contribution in [1.29, 1.82) is 0 Å². The number of quaternary nitrogens is 1. The van der Waals surface area contributed by atoms with Gasteiger partial charge in [0.1, 0.15) is 6.10 Å². The number of rotatable bonds is 4. The number of carbonyl (C=O) groups excluding carboxylic acids is 1. The van der Waals surface area contributed by atoms with Gasteiger partial charge in [0.25, 0.3) is 0 Å². The molecule has 2 atom stereocenters. The average molecular weight is 297 g/mol. The Bertz CT molecular complexity index is 462. The highest BCUT2D eigenvalue weighted by molar-refractivity contribution is 6.33. The van der Waals surface area contributed by atoms with Gasteiger partial charge >= 0.3 is 5.97 Å². The first-order valence-electron chi connectivity index (χ1n) is 7.32. The van der Waals surface area contributed by atoms with Crippen molar-refractivity contribution in [1.82, 2.24) is 0 Å². The molecule has 0 radical (unpaired) electrons. The van der Waals surface area contributed by atoms with Gasteiger partial charge in [0, 0.05) is 5.92 Å². The Hall–Kier alpha value is -1.06. The predicted molar refractivity (Wildman–Crippen MR) is 80.3 cm³/mol. The third-order valence-corrected chi connectivity index (χ3v) is 4.19. The Labute approximate surface area is 125 Å². The number of esters is 1. The summed E-state index contributed by atoms with van der Waals surface area (Å²) < 4.78 is 5.74. The lowest BCUT2D eigenvalue weighted by Crippen LogP contribution is -3.06. The lowest BCUT2D eigenvalue weighted by molar-refractivity contribution is -0.862. The molecule has 1 aliphatic rings. The molecule has 1 aromatic carbocycles.